The largest absolute Gasteiger partial charge is 0.295 e. The minimum atomic E-state index is 0.611. The molecule has 4 aromatic rings. The fraction of sp³-hybridized carbons (Fsp3) is 0.0500. The second-order valence-electron chi connectivity index (χ2n) is 5.55. The third-order valence-corrected chi connectivity index (χ3v) is 3.99. The van der Waals surface area contributed by atoms with Gasteiger partial charge in [0.25, 0.3) is 0 Å². The summed E-state index contributed by atoms with van der Waals surface area (Å²) in [4.78, 5) is 12.7. The van der Waals surface area contributed by atoms with Crippen LogP contribution in [0.5, 0.6) is 0 Å². The molecule has 0 fully saturated rings. The first-order chi connectivity index (χ1) is 11.8. The van der Waals surface area contributed by atoms with Crippen molar-refractivity contribution in [3.05, 3.63) is 84.1 Å². The van der Waals surface area contributed by atoms with Gasteiger partial charge in [-0.05, 0) is 36.8 Å². The van der Waals surface area contributed by atoms with Crippen molar-refractivity contribution >= 4 is 16.7 Å². The van der Waals surface area contributed by atoms with Crippen LogP contribution in [0.1, 0.15) is 5.82 Å². The number of imidazole rings is 1. The molecule has 24 heavy (non-hydrogen) atoms. The highest BCUT2D eigenvalue weighted by molar-refractivity contribution is 5.82. The molecule has 0 aliphatic rings. The van der Waals surface area contributed by atoms with Crippen molar-refractivity contribution in [2.24, 2.45) is 0 Å². The van der Waals surface area contributed by atoms with Crippen LogP contribution in [0.25, 0.3) is 32.8 Å². The van der Waals surface area contributed by atoms with Crippen molar-refractivity contribution in [3.63, 3.8) is 0 Å². The molecule has 0 amide bonds. The molecule has 0 spiro atoms. The van der Waals surface area contributed by atoms with Gasteiger partial charge in [-0.25, -0.2) is 9.83 Å². The molecule has 0 N–H and O–H groups in total. The number of pyridine rings is 1. The van der Waals surface area contributed by atoms with E-state index in [4.69, 9.17) is 6.57 Å². The first-order valence-electron chi connectivity index (χ1n) is 7.65. The molecule has 114 valence electrons. The summed E-state index contributed by atoms with van der Waals surface area (Å²) < 4.78 is 2.10. The Balaban J connectivity index is 1.88. The maximum absolute atomic E-state index is 7.15. The molecular weight excluding hydrogens is 296 g/mol. The fourth-order valence-corrected chi connectivity index (χ4v) is 2.89. The van der Waals surface area contributed by atoms with Crippen molar-refractivity contribution in [1.82, 2.24) is 14.5 Å². The van der Waals surface area contributed by atoms with Crippen LogP contribution in [-0.2, 0) is 0 Å². The SMILES string of the molecule is [C-]#[N+]c1cccc(-c2cc3nc(C)n(-c4ccccc4)c3cn2)c1. The molecule has 4 nitrogen and oxygen atoms in total. The first-order valence-corrected chi connectivity index (χ1v) is 7.65. The lowest BCUT2D eigenvalue weighted by atomic mass is 10.1. The van der Waals surface area contributed by atoms with Crippen molar-refractivity contribution in [3.8, 4) is 16.9 Å². The van der Waals surface area contributed by atoms with E-state index in [2.05, 4.69) is 31.5 Å². The van der Waals surface area contributed by atoms with E-state index in [-0.39, 0.29) is 0 Å². The normalized spacial score (nSPS) is 10.7. The lowest BCUT2D eigenvalue weighted by Crippen LogP contribution is -1.96. The summed E-state index contributed by atoms with van der Waals surface area (Å²) in [5.41, 5.74) is 5.31. The number of rotatable bonds is 2. The zero-order valence-corrected chi connectivity index (χ0v) is 13.1. The number of para-hydroxylation sites is 1. The number of hydrogen-bond acceptors (Lipinski definition) is 2. The summed E-state index contributed by atoms with van der Waals surface area (Å²) >= 11 is 0. The monoisotopic (exact) mass is 310 g/mol. The van der Waals surface area contributed by atoms with Gasteiger partial charge in [-0.2, -0.15) is 0 Å². The highest BCUT2D eigenvalue weighted by atomic mass is 15.1. The predicted molar refractivity (Wildman–Crippen MR) is 95.3 cm³/mol. The molecule has 0 aliphatic heterocycles. The standard InChI is InChI=1S/C20H14N4/c1-14-23-19-12-18(15-7-6-8-16(11-15)21-2)22-13-20(19)24(14)17-9-4-3-5-10-17/h3-13H,1H3. The summed E-state index contributed by atoms with van der Waals surface area (Å²) in [7, 11) is 0. The van der Waals surface area contributed by atoms with E-state index in [0.29, 0.717) is 5.69 Å². The zero-order chi connectivity index (χ0) is 16.5. The van der Waals surface area contributed by atoms with Gasteiger partial charge in [-0.3, -0.25) is 9.55 Å². The Labute approximate surface area is 139 Å². The molecule has 0 saturated carbocycles. The molecular formula is C20H14N4. The van der Waals surface area contributed by atoms with Gasteiger partial charge < -0.3 is 0 Å². The molecule has 0 aliphatic carbocycles. The maximum atomic E-state index is 7.15. The maximum Gasteiger partial charge on any atom is 0.187 e. The number of benzene rings is 2. The Bertz CT molecular complexity index is 1070. The molecule has 0 radical (unpaired) electrons. The first kappa shape index (κ1) is 14.2. The van der Waals surface area contributed by atoms with Gasteiger partial charge in [-0.15, -0.1) is 0 Å². The summed E-state index contributed by atoms with van der Waals surface area (Å²) in [5.74, 6) is 0.921. The van der Waals surface area contributed by atoms with E-state index in [1.54, 1.807) is 6.07 Å². The van der Waals surface area contributed by atoms with Gasteiger partial charge >= 0.3 is 0 Å². The van der Waals surface area contributed by atoms with Crippen molar-refractivity contribution in [2.45, 2.75) is 6.92 Å². The number of aryl methyl sites for hydroxylation is 1. The second kappa shape index (κ2) is 5.64. The van der Waals surface area contributed by atoms with Gasteiger partial charge in [0.05, 0.1) is 29.5 Å². The lowest BCUT2D eigenvalue weighted by Gasteiger charge is -2.06. The van der Waals surface area contributed by atoms with E-state index in [9.17, 15) is 0 Å². The van der Waals surface area contributed by atoms with Crippen LogP contribution in [0.4, 0.5) is 5.69 Å². The molecule has 0 bridgehead atoms. The third-order valence-electron chi connectivity index (χ3n) is 3.99. The Kier molecular flexibility index (Phi) is 3.33. The number of nitrogens with zero attached hydrogens (tertiary/aromatic N) is 4. The van der Waals surface area contributed by atoms with E-state index >= 15 is 0 Å². The molecule has 4 heteroatoms. The molecule has 0 saturated heterocycles. The smallest absolute Gasteiger partial charge is 0.187 e. The van der Waals surface area contributed by atoms with Crippen LogP contribution in [0.2, 0.25) is 0 Å². The second-order valence-corrected chi connectivity index (χ2v) is 5.55. The zero-order valence-electron chi connectivity index (χ0n) is 13.1. The van der Waals surface area contributed by atoms with Crippen LogP contribution >= 0.6 is 0 Å². The highest BCUT2D eigenvalue weighted by Crippen LogP contribution is 2.27. The van der Waals surface area contributed by atoms with Crippen LogP contribution in [0, 0.1) is 13.5 Å². The average molecular weight is 310 g/mol. The minimum Gasteiger partial charge on any atom is -0.295 e. The molecule has 2 aromatic heterocycles. The number of aromatic nitrogens is 3. The van der Waals surface area contributed by atoms with Gasteiger partial charge in [0.2, 0.25) is 0 Å². The van der Waals surface area contributed by atoms with Crippen LogP contribution in [0.3, 0.4) is 0 Å². The molecule has 2 heterocycles. The Hall–Kier alpha value is -3.45. The van der Waals surface area contributed by atoms with E-state index in [0.717, 1.165) is 33.8 Å². The van der Waals surface area contributed by atoms with Gasteiger partial charge in [0, 0.05) is 5.69 Å². The van der Waals surface area contributed by atoms with Crippen molar-refractivity contribution < 1.29 is 0 Å². The third kappa shape index (κ3) is 2.33. The van der Waals surface area contributed by atoms with Gasteiger partial charge in [-0.1, -0.05) is 36.4 Å². The van der Waals surface area contributed by atoms with Gasteiger partial charge in [0.1, 0.15) is 5.82 Å². The number of hydrogen-bond donors (Lipinski definition) is 0. The molecule has 0 unspecified atom stereocenters. The Morgan fingerprint density at radius 1 is 1.00 bits per heavy atom. The fourth-order valence-electron chi connectivity index (χ4n) is 2.89. The van der Waals surface area contributed by atoms with Crippen molar-refractivity contribution in [2.75, 3.05) is 0 Å². The minimum absolute atomic E-state index is 0.611. The summed E-state index contributed by atoms with van der Waals surface area (Å²) in [5, 5.41) is 0. The summed E-state index contributed by atoms with van der Waals surface area (Å²) in [6, 6.07) is 19.6. The Morgan fingerprint density at radius 2 is 1.83 bits per heavy atom. The van der Waals surface area contributed by atoms with Gasteiger partial charge in [0.15, 0.2) is 5.69 Å². The predicted octanol–water partition coefficient (Wildman–Crippen LogP) is 4.95. The van der Waals surface area contributed by atoms with Crippen LogP contribution in [0.15, 0.2) is 66.9 Å². The summed E-state index contributed by atoms with van der Waals surface area (Å²) in [6.45, 7) is 9.14. The molecule has 2 aromatic carbocycles. The van der Waals surface area contributed by atoms with E-state index in [1.165, 1.54) is 0 Å². The highest BCUT2D eigenvalue weighted by Gasteiger charge is 2.11. The Morgan fingerprint density at radius 3 is 2.62 bits per heavy atom. The lowest BCUT2D eigenvalue weighted by molar-refractivity contribution is 0.999. The molecule has 4 rings (SSSR count). The molecule has 0 atom stereocenters. The van der Waals surface area contributed by atoms with Crippen LogP contribution < -0.4 is 0 Å². The van der Waals surface area contributed by atoms with Crippen LogP contribution in [-0.4, -0.2) is 14.5 Å². The topological polar surface area (TPSA) is 35.1 Å². The number of fused-ring (bicyclic) bond motifs is 1. The van der Waals surface area contributed by atoms with E-state index in [1.807, 2.05) is 55.6 Å². The quantitative estimate of drug-likeness (QED) is 0.491. The summed E-state index contributed by atoms with van der Waals surface area (Å²) in [6.07, 6.45) is 1.85. The average Bonchev–Trinajstić information content (AvgIpc) is 2.97. The van der Waals surface area contributed by atoms with Crippen molar-refractivity contribution in [1.29, 1.82) is 0 Å². The van der Waals surface area contributed by atoms with E-state index < -0.39 is 0 Å².